The normalized spacial score (nSPS) is 16.9. The molecular formula is C10H17NOS2. The molecule has 0 saturated heterocycles. The van der Waals surface area contributed by atoms with Crippen LogP contribution in [0.25, 0.3) is 0 Å². The molecule has 0 bridgehead atoms. The summed E-state index contributed by atoms with van der Waals surface area (Å²) in [5, 5.41) is 1.13. The fourth-order valence-corrected chi connectivity index (χ4v) is 3.26. The van der Waals surface area contributed by atoms with Crippen LogP contribution in [0.4, 0.5) is 0 Å². The summed E-state index contributed by atoms with van der Waals surface area (Å²) in [6.45, 7) is 5.13. The summed E-state index contributed by atoms with van der Waals surface area (Å²) in [7, 11) is 5.30. The van der Waals surface area contributed by atoms with Crippen molar-refractivity contribution in [1.82, 2.24) is 0 Å². The number of rotatable bonds is 5. The smallest absolute Gasteiger partial charge is 0.102 e. The molecule has 0 atom stereocenters. The molecule has 80 valence electrons. The summed E-state index contributed by atoms with van der Waals surface area (Å²) >= 11 is 0. The first-order chi connectivity index (χ1) is 6.64. The first-order valence-electron chi connectivity index (χ1n) is 4.71. The quantitative estimate of drug-likeness (QED) is 0.676. The van der Waals surface area contributed by atoms with Gasteiger partial charge >= 0.3 is 0 Å². The van der Waals surface area contributed by atoms with E-state index >= 15 is 0 Å². The number of nitrogens with zero attached hydrogens (tertiary/aromatic N) is 1. The third kappa shape index (κ3) is 4.53. The maximum absolute atomic E-state index is 5.15. The number of methoxy groups -OCH3 is 1. The second-order valence-corrected chi connectivity index (χ2v) is 6.65. The number of allylic oxidation sites excluding steroid dienone is 1. The van der Waals surface area contributed by atoms with E-state index in [2.05, 4.69) is 24.9 Å². The van der Waals surface area contributed by atoms with Crippen molar-refractivity contribution in [2.75, 3.05) is 13.7 Å². The molecule has 1 heterocycles. The molecular weight excluding hydrogens is 214 g/mol. The molecule has 0 aromatic carbocycles. The van der Waals surface area contributed by atoms with Crippen LogP contribution < -0.4 is 0 Å². The monoisotopic (exact) mass is 231 g/mol. The van der Waals surface area contributed by atoms with Crippen molar-refractivity contribution in [1.29, 1.82) is 0 Å². The van der Waals surface area contributed by atoms with Gasteiger partial charge in [-0.3, -0.25) is 4.99 Å². The van der Waals surface area contributed by atoms with Gasteiger partial charge in [-0.2, -0.15) is 0 Å². The van der Waals surface area contributed by atoms with E-state index in [0.29, 0.717) is 0 Å². The van der Waals surface area contributed by atoms with Crippen LogP contribution in [0.15, 0.2) is 16.1 Å². The molecule has 0 radical (unpaired) electrons. The van der Waals surface area contributed by atoms with E-state index in [-0.39, 0.29) is 4.75 Å². The highest BCUT2D eigenvalue weighted by molar-refractivity contribution is 8.78. The zero-order valence-electron chi connectivity index (χ0n) is 8.95. The van der Waals surface area contributed by atoms with Crippen molar-refractivity contribution in [3.63, 3.8) is 0 Å². The molecule has 0 saturated carbocycles. The van der Waals surface area contributed by atoms with E-state index in [9.17, 15) is 0 Å². The molecule has 0 unspecified atom stereocenters. The molecule has 1 aliphatic rings. The van der Waals surface area contributed by atoms with E-state index < -0.39 is 0 Å². The lowest BCUT2D eigenvalue weighted by Gasteiger charge is -2.21. The van der Waals surface area contributed by atoms with Gasteiger partial charge in [0.25, 0.3) is 0 Å². The van der Waals surface area contributed by atoms with Gasteiger partial charge in [0.1, 0.15) is 5.03 Å². The van der Waals surface area contributed by atoms with E-state index in [1.807, 2.05) is 17.0 Å². The minimum atomic E-state index is 0.146. The van der Waals surface area contributed by atoms with Crippen molar-refractivity contribution in [3.05, 3.63) is 11.1 Å². The SMILES string of the molecule is COCC(C)(C)SSC1=CCCC=N1. The highest BCUT2D eigenvalue weighted by Crippen LogP contribution is 2.41. The first kappa shape index (κ1) is 12.1. The van der Waals surface area contributed by atoms with Gasteiger partial charge in [0.2, 0.25) is 0 Å². The molecule has 1 rings (SSSR count). The van der Waals surface area contributed by atoms with E-state index in [1.54, 1.807) is 17.9 Å². The van der Waals surface area contributed by atoms with Gasteiger partial charge in [0.15, 0.2) is 0 Å². The lowest BCUT2D eigenvalue weighted by molar-refractivity contribution is 0.179. The molecule has 0 aliphatic carbocycles. The highest BCUT2D eigenvalue weighted by atomic mass is 33.1. The lowest BCUT2D eigenvalue weighted by Crippen LogP contribution is -2.20. The maximum atomic E-state index is 5.15. The second-order valence-electron chi connectivity index (χ2n) is 3.79. The fraction of sp³-hybridized carbons (Fsp3) is 0.700. The summed E-state index contributed by atoms with van der Waals surface area (Å²) in [6.07, 6.45) is 6.39. The Balaban J connectivity index is 2.32. The fourth-order valence-electron chi connectivity index (χ4n) is 1.07. The Hall–Kier alpha value is 0.0700. The second kappa shape index (κ2) is 5.83. The van der Waals surface area contributed by atoms with Gasteiger partial charge in [-0.1, -0.05) is 16.9 Å². The van der Waals surface area contributed by atoms with Gasteiger partial charge in [-0.15, -0.1) is 0 Å². The molecule has 0 N–H and O–H groups in total. The van der Waals surface area contributed by atoms with E-state index in [4.69, 9.17) is 4.74 Å². The van der Waals surface area contributed by atoms with Crippen LogP contribution in [-0.2, 0) is 4.74 Å². The van der Waals surface area contributed by atoms with Crippen LogP contribution in [-0.4, -0.2) is 24.7 Å². The molecule has 0 spiro atoms. The topological polar surface area (TPSA) is 21.6 Å². The van der Waals surface area contributed by atoms with Crippen molar-refractivity contribution in [3.8, 4) is 0 Å². The zero-order chi connectivity index (χ0) is 10.4. The van der Waals surface area contributed by atoms with Crippen molar-refractivity contribution >= 4 is 27.8 Å². The number of aliphatic imine (C=N–C) groups is 1. The van der Waals surface area contributed by atoms with Gasteiger partial charge < -0.3 is 4.74 Å². The largest absolute Gasteiger partial charge is 0.383 e. The van der Waals surface area contributed by atoms with Crippen molar-refractivity contribution in [2.24, 2.45) is 4.99 Å². The molecule has 14 heavy (non-hydrogen) atoms. The predicted octanol–water partition coefficient (Wildman–Crippen LogP) is 3.50. The van der Waals surface area contributed by atoms with Crippen LogP contribution in [0.3, 0.4) is 0 Å². The highest BCUT2D eigenvalue weighted by Gasteiger charge is 2.19. The van der Waals surface area contributed by atoms with Crippen molar-refractivity contribution in [2.45, 2.75) is 31.4 Å². The molecule has 0 aromatic rings. The molecule has 4 heteroatoms. The average Bonchev–Trinajstić information content (AvgIpc) is 2.17. The Morgan fingerprint density at radius 3 is 2.86 bits per heavy atom. The summed E-state index contributed by atoms with van der Waals surface area (Å²) in [6, 6.07) is 0. The number of hydrogen-bond acceptors (Lipinski definition) is 4. The lowest BCUT2D eigenvalue weighted by atomic mass is 10.2. The molecule has 2 nitrogen and oxygen atoms in total. The Bertz CT molecular complexity index is 236. The van der Waals surface area contributed by atoms with Crippen molar-refractivity contribution < 1.29 is 4.74 Å². The van der Waals surface area contributed by atoms with Gasteiger partial charge in [0, 0.05) is 18.1 Å². The maximum Gasteiger partial charge on any atom is 0.102 e. The van der Waals surface area contributed by atoms with Gasteiger partial charge in [-0.25, -0.2) is 0 Å². The standard InChI is InChI=1S/C10H17NOS2/c1-10(2,8-12-3)14-13-9-6-4-5-7-11-9/h6-7H,4-5,8H2,1-3H3. The van der Waals surface area contributed by atoms with Crippen LogP contribution in [0.2, 0.25) is 0 Å². The van der Waals surface area contributed by atoms with E-state index in [1.165, 1.54) is 0 Å². The first-order valence-corrected chi connectivity index (χ1v) is 6.86. The Morgan fingerprint density at radius 1 is 1.50 bits per heavy atom. The minimum Gasteiger partial charge on any atom is -0.383 e. The van der Waals surface area contributed by atoms with Gasteiger partial charge in [0.05, 0.1) is 6.61 Å². The van der Waals surface area contributed by atoms with Crippen LogP contribution >= 0.6 is 21.6 Å². The van der Waals surface area contributed by atoms with Crippen LogP contribution in [0.5, 0.6) is 0 Å². The molecule has 1 aliphatic heterocycles. The Labute approximate surface area is 94.0 Å². The summed E-state index contributed by atoms with van der Waals surface area (Å²) in [5.41, 5.74) is 0. The zero-order valence-corrected chi connectivity index (χ0v) is 10.6. The van der Waals surface area contributed by atoms with E-state index in [0.717, 1.165) is 24.5 Å². The molecule has 0 amide bonds. The predicted molar refractivity (Wildman–Crippen MR) is 66.9 cm³/mol. The Kier molecular flexibility index (Phi) is 5.06. The number of ether oxygens (including phenoxy) is 1. The average molecular weight is 231 g/mol. The summed E-state index contributed by atoms with van der Waals surface area (Å²) in [5.74, 6) is 0. The summed E-state index contributed by atoms with van der Waals surface area (Å²) in [4.78, 5) is 4.33. The molecule has 0 aromatic heterocycles. The summed E-state index contributed by atoms with van der Waals surface area (Å²) < 4.78 is 5.30. The third-order valence-electron chi connectivity index (χ3n) is 1.68. The van der Waals surface area contributed by atoms with Crippen LogP contribution in [0.1, 0.15) is 26.7 Å². The molecule has 0 fully saturated rings. The third-order valence-corrected chi connectivity index (χ3v) is 4.89. The van der Waals surface area contributed by atoms with Crippen LogP contribution in [0, 0.1) is 0 Å². The van der Waals surface area contributed by atoms with Gasteiger partial charge in [-0.05, 0) is 37.5 Å². The Morgan fingerprint density at radius 2 is 2.29 bits per heavy atom. The number of hydrogen-bond donors (Lipinski definition) is 0. The minimum absolute atomic E-state index is 0.146.